The number of rotatable bonds is 4. The number of hydrogen-bond donors (Lipinski definition) is 1. The average molecular weight is 342 g/mol. The summed E-state index contributed by atoms with van der Waals surface area (Å²) in [4.78, 5) is 14.9. The summed E-state index contributed by atoms with van der Waals surface area (Å²) < 4.78 is 13.8. The van der Waals surface area contributed by atoms with Crippen LogP contribution >= 0.6 is 27.7 Å². The Balaban J connectivity index is 2.12. The molecule has 1 aromatic heterocycles. The number of hydrogen-bond acceptors (Lipinski definition) is 3. The second-order valence-corrected chi connectivity index (χ2v) is 5.48. The molecule has 2 aromatic rings. The number of carboxylic acids is 1. The summed E-state index contributed by atoms with van der Waals surface area (Å²) in [5.74, 6) is -0.796. The molecular formula is C13H9BrFNO2S. The Morgan fingerprint density at radius 1 is 1.42 bits per heavy atom. The Morgan fingerprint density at radius 3 is 2.95 bits per heavy atom. The first-order valence-corrected chi connectivity index (χ1v) is 7.11. The van der Waals surface area contributed by atoms with E-state index in [9.17, 15) is 9.18 Å². The molecule has 98 valence electrons. The number of aromatic carboxylic acids is 1. The lowest BCUT2D eigenvalue weighted by Crippen LogP contribution is -1.97. The quantitative estimate of drug-likeness (QED) is 0.854. The fourth-order valence-electron chi connectivity index (χ4n) is 1.43. The van der Waals surface area contributed by atoms with E-state index >= 15 is 0 Å². The van der Waals surface area contributed by atoms with E-state index in [0.29, 0.717) is 15.3 Å². The monoisotopic (exact) mass is 341 g/mol. The van der Waals surface area contributed by atoms with Crippen LogP contribution in [-0.4, -0.2) is 16.1 Å². The van der Waals surface area contributed by atoms with Crippen LogP contribution in [0.15, 0.2) is 46.0 Å². The van der Waals surface area contributed by atoms with Crippen molar-refractivity contribution in [2.24, 2.45) is 0 Å². The van der Waals surface area contributed by atoms with E-state index in [-0.39, 0.29) is 11.4 Å². The number of aromatic nitrogens is 1. The van der Waals surface area contributed by atoms with Crippen molar-refractivity contribution in [3.8, 4) is 0 Å². The minimum Gasteiger partial charge on any atom is -0.478 e. The highest BCUT2D eigenvalue weighted by Gasteiger charge is 2.08. The maximum absolute atomic E-state index is 13.3. The Kier molecular flexibility index (Phi) is 4.55. The van der Waals surface area contributed by atoms with Gasteiger partial charge in [-0.25, -0.2) is 14.2 Å². The Hall–Kier alpha value is -1.40. The third-order valence-corrected chi connectivity index (χ3v) is 4.25. The van der Waals surface area contributed by atoms with Gasteiger partial charge in [0, 0.05) is 11.9 Å². The van der Waals surface area contributed by atoms with E-state index in [4.69, 9.17) is 5.11 Å². The molecule has 0 aliphatic carbocycles. The number of thioether (sulfide) groups is 1. The number of pyridine rings is 1. The van der Waals surface area contributed by atoms with Crippen molar-refractivity contribution in [1.82, 2.24) is 4.98 Å². The molecule has 1 aromatic carbocycles. The van der Waals surface area contributed by atoms with Crippen LogP contribution in [0.4, 0.5) is 4.39 Å². The third kappa shape index (κ3) is 3.54. The van der Waals surface area contributed by atoms with Crippen molar-refractivity contribution < 1.29 is 14.3 Å². The summed E-state index contributed by atoms with van der Waals surface area (Å²) in [5, 5.41) is 9.47. The number of nitrogens with zero attached hydrogens (tertiary/aromatic N) is 1. The van der Waals surface area contributed by atoms with Crippen molar-refractivity contribution in [1.29, 1.82) is 0 Å². The smallest absolute Gasteiger partial charge is 0.335 e. The third-order valence-electron chi connectivity index (χ3n) is 2.39. The molecule has 0 unspecified atom stereocenters. The van der Waals surface area contributed by atoms with Crippen molar-refractivity contribution >= 4 is 33.7 Å². The second kappa shape index (κ2) is 6.16. The van der Waals surface area contributed by atoms with Gasteiger partial charge in [-0.05, 0) is 39.7 Å². The van der Waals surface area contributed by atoms with Crippen molar-refractivity contribution in [2.75, 3.05) is 0 Å². The SMILES string of the molecule is O=C(O)c1ccnc(SCc2cccc(F)c2Br)c1. The van der Waals surface area contributed by atoms with E-state index in [1.54, 1.807) is 12.1 Å². The van der Waals surface area contributed by atoms with Gasteiger partial charge < -0.3 is 5.11 Å². The summed E-state index contributed by atoms with van der Waals surface area (Å²) in [6.45, 7) is 0. The zero-order chi connectivity index (χ0) is 13.8. The minimum absolute atomic E-state index is 0.191. The van der Waals surface area contributed by atoms with Crippen LogP contribution in [-0.2, 0) is 5.75 Å². The lowest BCUT2D eigenvalue weighted by molar-refractivity contribution is 0.0696. The predicted molar refractivity (Wildman–Crippen MR) is 74.9 cm³/mol. The van der Waals surface area contributed by atoms with E-state index < -0.39 is 5.97 Å². The van der Waals surface area contributed by atoms with Gasteiger partial charge in [-0.2, -0.15) is 0 Å². The second-order valence-electron chi connectivity index (χ2n) is 3.69. The number of benzene rings is 1. The lowest BCUT2D eigenvalue weighted by Gasteiger charge is -2.05. The van der Waals surface area contributed by atoms with Gasteiger partial charge in [-0.3, -0.25) is 0 Å². The molecule has 0 aliphatic heterocycles. The number of halogens is 2. The molecule has 0 bridgehead atoms. The zero-order valence-corrected chi connectivity index (χ0v) is 12.0. The standard InChI is InChI=1S/C13H9BrFNO2S/c14-12-9(2-1-3-10(12)15)7-19-11-6-8(13(17)18)4-5-16-11/h1-6H,7H2,(H,17,18). The van der Waals surface area contributed by atoms with Gasteiger partial charge in [0.1, 0.15) is 5.82 Å². The fourth-order valence-corrected chi connectivity index (χ4v) is 2.91. The summed E-state index contributed by atoms with van der Waals surface area (Å²) in [7, 11) is 0. The van der Waals surface area contributed by atoms with Gasteiger partial charge in [-0.1, -0.05) is 12.1 Å². The average Bonchev–Trinajstić information content (AvgIpc) is 2.41. The molecule has 2 rings (SSSR count). The van der Waals surface area contributed by atoms with Gasteiger partial charge in [0.25, 0.3) is 0 Å². The molecule has 0 fully saturated rings. The molecule has 6 heteroatoms. The van der Waals surface area contributed by atoms with Crippen LogP contribution in [0, 0.1) is 5.82 Å². The molecule has 19 heavy (non-hydrogen) atoms. The fraction of sp³-hybridized carbons (Fsp3) is 0.0769. The number of carbonyl (C=O) groups is 1. The summed E-state index contributed by atoms with van der Waals surface area (Å²) in [6.07, 6.45) is 1.45. The topological polar surface area (TPSA) is 50.2 Å². The van der Waals surface area contributed by atoms with Crippen molar-refractivity contribution in [2.45, 2.75) is 10.8 Å². The highest BCUT2D eigenvalue weighted by atomic mass is 79.9. The zero-order valence-electron chi connectivity index (χ0n) is 9.64. The van der Waals surface area contributed by atoms with E-state index in [0.717, 1.165) is 5.56 Å². The van der Waals surface area contributed by atoms with E-state index in [2.05, 4.69) is 20.9 Å². The molecular weight excluding hydrogens is 333 g/mol. The minimum atomic E-state index is -0.990. The Labute approximate surface area is 122 Å². The molecule has 0 saturated heterocycles. The summed E-state index contributed by atoms with van der Waals surface area (Å²) >= 11 is 4.55. The maximum Gasteiger partial charge on any atom is 0.335 e. The molecule has 0 atom stereocenters. The molecule has 0 amide bonds. The molecule has 1 N–H and O–H groups in total. The first-order valence-electron chi connectivity index (χ1n) is 5.33. The van der Waals surface area contributed by atoms with Crippen LogP contribution in [0.5, 0.6) is 0 Å². The maximum atomic E-state index is 13.3. The van der Waals surface area contributed by atoms with Gasteiger partial charge >= 0.3 is 5.97 Å². The van der Waals surface area contributed by atoms with Gasteiger partial charge in [0.2, 0.25) is 0 Å². The van der Waals surface area contributed by atoms with Crippen LogP contribution in [0.3, 0.4) is 0 Å². The molecule has 0 saturated carbocycles. The van der Waals surface area contributed by atoms with Gasteiger partial charge in [0.05, 0.1) is 15.1 Å². The van der Waals surface area contributed by atoms with Crippen LogP contribution in [0.2, 0.25) is 0 Å². The predicted octanol–water partition coefficient (Wildman–Crippen LogP) is 3.97. The molecule has 0 aliphatic rings. The van der Waals surface area contributed by atoms with Gasteiger partial charge in [0.15, 0.2) is 0 Å². The Bertz CT molecular complexity index is 621. The summed E-state index contributed by atoms with van der Waals surface area (Å²) in [5.41, 5.74) is 0.989. The first kappa shape index (κ1) is 14.0. The molecule has 0 spiro atoms. The highest BCUT2D eigenvalue weighted by molar-refractivity contribution is 9.10. The van der Waals surface area contributed by atoms with Crippen LogP contribution < -0.4 is 0 Å². The van der Waals surface area contributed by atoms with Crippen LogP contribution in [0.1, 0.15) is 15.9 Å². The summed E-state index contributed by atoms with van der Waals surface area (Å²) in [6, 6.07) is 7.75. The first-order chi connectivity index (χ1) is 9.08. The molecule has 3 nitrogen and oxygen atoms in total. The Morgan fingerprint density at radius 2 is 2.21 bits per heavy atom. The van der Waals surface area contributed by atoms with E-state index in [1.807, 2.05) is 0 Å². The number of carboxylic acid groups (broad SMARTS) is 1. The largest absolute Gasteiger partial charge is 0.478 e. The van der Waals surface area contributed by atoms with Gasteiger partial charge in [-0.15, -0.1) is 11.8 Å². The normalized spacial score (nSPS) is 10.4. The molecule has 0 radical (unpaired) electrons. The van der Waals surface area contributed by atoms with Crippen LogP contribution in [0.25, 0.3) is 0 Å². The van der Waals surface area contributed by atoms with Crippen molar-refractivity contribution in [3.63, 3.8) is 0 Å². The lowest BCUT2D eigenvalue weighted by atomic mass is 10.2. The van der Waals surface area contributed by atoms with E-state index in [1.165, 1.54) is 36.2 Å². The molecule has 1 heterocycles. The van der Waals surface area contributed by atoms with Crippen molar-refractivity contribution in [3.05, 3.63) is 57.9 Å². The highest BCUT2D eigenvalue weighted by Crippen LogP contribution is 2.27.